The molecule has 0 saturated heterocycles. The largest absolute Gasteiger partial charge is 0.485 e. The maximum atomic E-state index is 5.84. The Labute approximate surface area is 136 Å². The molecule has 3 nitrogen and oxygen atoms in total. The standard InChI is InChI=1S/C15H16Br2N2O/c1-2-18-9-11-7-13(16)15(14(17)8-11)20-10-12-5-3-4-6-19-12/h3-8,18H,2,9-10H2,1H3. The number of rotatable bonds is 6. The molecule has 5 heteroatoms. The van der Waals surface area contributed by atoms with Crippen molar-refractivity contribution in [1.29, 1.82) is 0 Å². The summed E-state index contributed by atoms with van der Waals surface area (Å²) in [5.41, 5.74) is 2.11. The molecule has 20 heavy (non-hydrogen) atoms. The molecular formula is C15H16Br2N2O. The van der Waals surface area contributed by atoms with E-state index in [0.29, 0.717) is 6.61 Å². The minimum Gasteiger partial charge on any atom is -0.485 e. The van der Waals surface area contributed by atoms with Crippen LogP contribution < -0.4 is 10.1 Å². The molecule has 0 spiro atoms. The number of aromatic nitrogens is 1. The van der Waals surface area contributed by atoms with Crippen molar-refractivity contribution in [1.82, 2.24) is 10.3 Å². The Morgan fingerprint density at radius 2 is 1.95 bits per heavy atom. The lowest BCUT2D eigenvalue weighted by Crippen LogP contribution is -2.11. The minimum absolute atomic E-state index is 0.449. The molecule has 1 aromatic heterocycles. The SMILES string of the molecule is CCNCc1cc(Br)c(OCc2ccccn2)c(Br)c1. The normalized spacial score (nSPS) is 10.6. The van der Waals surface area contributed by atoms with Gasteiger partial charge in [0.1, 0.15) is 12.4 Å². The number of ether oxygens (including phenoxy) is 1. The number of hydrogen-bond donors (Lipinski definition) is 1. The van der Waals surface area contributed by atoms with Crippen LogP contribution in [0.5, 0.6) is 5.75 Å². The van der Waals surface area contributed by atoms with Crippen molar-refractivity contribution in [3.63, 3.8) is 0 Å². The van der Waals surface area contributed by atoms with Crippen LogP contribution in [0, 0.1) is 0 Å². The molecule has 0 aliphatic rings. The van der Waals surface area contributed by atoms with E-state index in [1.807, 2.05) is 18.2 Å². The van der Waals surface area contributed by atoms with Crippen LogP contribution in [0.15, 0.2) is 45.5 Å². The van der Waals surface area contributed by atoms with Crippen LogP contribution in [0.1, 0.15) is 18.2 Å². The first kappa shape index (κ1) is 15.5. The first-order valence-corrected chi connectivity index (χ1v) is 8.00. The summed E-state index contributed by atoms with van der Waals surface area (Å²) in [6.45, 7) is 4.33. The average molecular weight is 400 g/mol. The van der Waals surface area contributed by atoms with Crippen molar-refractivity contribution in [2.45, 2.75) is 20.1 Å². The monoisotopic (exact) mass is 398 g/mol. The van der Waals surface area contributed by atoms with Crippen LogP contribution >= 0.6 is 31.9 Å². The van der Waals surface area contributed by atoms with E-state index in [2.05, 4.69) is 61.2 Å². The third-order valence-corrected chi connectivity index (χ3v) is 3.91. The molecule has 1 aromatic carbocycles. The Hall–Kier alpha value is -0.910. The Morgan fingerprint density at radius 1 is 1.20 bits per heavy atom. The lowest BCUT2D eigenvalue weighted by Gasteiger charge is -2.12. The van der Waals surface area contributed by atoms with Gasteiger partial charge in [0.2, 0.25) is 0 Å². The van der Waals surface area contributed by atoms with Gasteiger partial charge in [0, 0.05) is 12.7 Å². The molecule has 0 amide bonds. The third-order valence-electron chi connectivity index (χ3n) is 2.73. The fourth-order valence-electron chi connectivity index (χ4n) is 1.75. The third kappa shape index (κ3) is 4.30. The van der Waals surface area contributed by atoms with Gasteiger partial charge in [-0.05, 0) is 68.2 Å². The van der Waals surface area contributed by atoms with Crippen LogP contribution in [0.2, 0.25) is 0 Å². The van der Waals surface area contributed by atoms with Gasteiger partial charge < -0.3 is 10.1 Å². The van der Waals surface area contributed by atoms with Crippen molar-refractivity contribution in [3.05, 3.63) is 56.7 Å². The van der Waals surface area contributed by atoms with Crippen molar-refractivity contribution in [2.24, 2.45) is 0 Å². The predicted octanol–water partition coefficient (Wildman–Crippen LogP) is 4.30. The molecule has 0 atom stereocenters. The summed E-state index contributed by atoms with van der Waals surface area (Å²) in [6.07, 6.45) is 1.77. The van der Waals surface area contributed by atoms with E-state index in [1.54, 1.807) is 6.20 Å². The Kier molecular flexibility index (Phi) is 6.01. The Balaban J connectivity index is 2.08. The van der Waals surface area contributed by atoms with Crippen LogP contribution in [-0.4, -0.2) is 11.5 Å². The zero-order valence-corrected chi connectivity index (χ0v) is 14.4. The lowest BCUT2D eigenvalue weighted by atomic mass is 10.2. The zero-order valence-electron chi connectivity index (χ0n) is 11.2. The van der Waals surface area contributed by atoms with Gasteiger partial charge >= 0.3 is 0 Å². The van der Waals surface area contributed by atoms with E-state index in [4.69, 9.17) is 4.74 Å². The molecule has 1 heterocycles. The van der Waals surface area contributed by atoms with Gasteiger partial charge in [-0.3, -0.25) is 4.98 Å². The van der Waals surface area contributed by atoms with E-state index in [-0.39, 0.29) is 0 Å². The quantitative estimate of drug-likeness (QED) is 0.786. The first-order valence-electron chi connectivity index (χ1n) is 6.42. The molecular weight excluding hydrogens is 384 g/mol. The van der Waals surface area contributed by atoms with Gasteiger partial charge in [-0.2, -0.15) is 0 Å². The van der Waals surface area contributed by atoms with Crippen LogP contribution in [-0.2, 0) is 13.2 Å². The van der Waals surface area contributed by atoms with E-state index < -0.39 is 0 Å². The molecule has 0 saturated carbocycles. The number of nitrogens with one attached hydrogen (secondary N) is 1. The topological polar surface area (TPSA) is 34.1 Å². The second kappa shape index (κ2) is 7.76. The van der Waals surface area contributed by atoms with Gasteiger partial charge in [-0.25, -0.2) is 0 Å². The molecule has 0 fully saturated rings. The number of nitrogens with zero attached hydrogens (tertiary/aromatic N) is 1. The van der Waals surface area contributed by atoms with Crippen LogP contribution in [0.4, 0.5) is 0 Å². The van der Waals surface area contributed by atoms with E-state index >= 15 is 0 Å². The van der Waals surface area contributed by atoms with E-state index in [0.717, 1.165) is 33.5 Å². The summed E-state index contributed by atoms with van der Waals surface area (Å²) in [7, 11) is 0. The van der Waals surface area contributed by atoms with Crippen molar-refractivity contribution in [3.8, 4) is 5.75 Å². The first-order chi connectivity index (χ1) is 9.70. The maximum Gasteiger partial charge on any atom is 0.148 e. The highest BCUT2D eigenvalue weighted by molar-refractivity contribution is 9.11. The van der Waals surface area contributed by atoms with Gasteiger partial charge in [-0.1, -0.05) is 13.0 Å². The Bertz CT molecular complexity index is 538. The minimum atomic E-state index is 0.449. The van der Waals surface area contributed by atoms with Gasteiger partial charge in [0.15, 0.2) is 0 Å². The molecule has 0 aliphatic heterocycles. The lowest BCUT2D eigenvalue weighted by molar-refractivity contribution is 0.297. The second-order valence-electron chi connectivity index (χ2n) is 4.28. The Morgan fingerprint density at radius 3 is 2.55 bits per heavy atom. The molecule has 1 N–H and O–H groups in total. The molecule has 0 aliphatic carbocycles. The summed E-state index contributed by atoms with van der Waals surface area (Å²) in [5, 5.41) is 3.30. The molecule has 2 aromatic rings. The van der Waals surface area contributed by atoms with Crippen molar-refractivity contribution >= 4 is 31.9 Å². The number of pyridine rings is 1. The molecule has 0 radical (unpaired) electrons. The maximum absolute atomic E-state index is 5.84. The summed E-state index contributed by atoms with van der Waals surface area (Å²) < 4.78 is 7.72. The number of halogens is 2. The summed E-state index contributed by atoms with van der Waals surface area (Å²) in [4.78, 5) is 4.25. The number of benzene rings is 1. The molecule has 106 valence electrons. The smallest absolute Gasteiger partial charge is 0.148 e. The van der Waals surface area contributed by atoms with Gasteiger partial charge in [0.05, 0.1) is 14.6 Å². The van der Waals surface area contributed by atoms with E-state index in [9.17, 15) is 0 Å². The second-order valence-corrected chi connectivity index (χ2v) is 5.99. The highest BCUT2D eigenvalue weighted by Gasteiger charge is 2.09. The predicted molar refractivity (Wildman–Crippen MR) is 87.8 cm³/mol. The highest BCUT2D eigenvalue weighted by Crippen LogP contribution is 2.35. The van der Waals surface area contributed by atoms with Crippen LogP contribution in [0.25, 0.3) is 0 Å². The van der Waals surface area contributed by atoms with Gasteiger partial charge in [0.25, 0.3) is 0 Å². The average Bonchev–Trinajstić information content (AvgIpc) is 2.45. The summed E-state index contributed by atoms with van der Waals surface area (Å²) >= 11 is 7.12. The summed E-state index contributed by atoms with van der Waals surface area (Å²) in [6, 6.07) is 9.93. The van der Waals surface area contributed by atoms with Crippen LogP contribution in [0.3, 0.4) is 0 Å². The van der Waals surface area contributed by atoms with Crippen molar-refractivity contribution < 1.29 is 4.74 Å². The molecule has 2 rings (SSSR count). The highest BCUT2D eigenvalue weighted by atomic mass is 79.9. The van der Waals surface area contributed by atoms with Gasteiger partial charge in [-0.15, -0.1) is 0 Å². The molecule has 0 unspecified atom stereocenters. The zero-order chi connectivity index (χ0) is 14.4. The van der Waals surface area contributed by atoms with Crippen molar-refractivity contribution in [2.75, 3.05) is 6.54 Å². The summed E-state index contributed by atoms with van der Waals surface area (Å²) in [5.74, 6) is 0.802. The molecule has 0 bridgehead atoms. The fourth-order valence-corrected chi connectivity index (χ4v) is 3.26. The number of hydrogen-bond acceptors (Lipinski definition) is 3. The fraction of sp³-hybridized carbons (Fsp3) is 0.267. The van der Waals surface area contributed by atoms with E-state index in [1.165, 1.54) is 5.56 Å².